The van der Waals surface area contributed by atoms with Gasteiger partial charge in [0, 0.05) is 17.3 Å². The number of hydrogen-bond acceptors (Lipinski definition) is 3. The van der Waals surface area contributed by atoms with Gasteiger partial charge < -0.3 is 10.6 Å². The van der Waals surface area contributed by atoms with Gasteiger partial charge in [0.1, 0.15) is 0 Å². The summed E-state index contributed by atoms with van der Waals surface area (Å²) in [6, 6.07) is 12.2. The zero-order valence-corrected chi connectivity index (χ0v) is 15.7. The van der Waals surface area contributed by atoms with Crippen molar-refractivity contribution >= 4 is 52.1 Å². The second-order valence-corrected chi connectivity index (χ2v) is 7.00. The van der Waals surface area contributed by atoms with E-state index < -0.39 is 0 Å². The number of nitrogens with one attached hydrogen (secondary N) is 3. The summed E-state index contributed by atoms with van der Waals surface area (Å²) in [6.45, 7) is 1.92. The molecule has 1 aliphatic carbocycles. The van der Waals surface area contributed by atoms with Gasteiger partial charge in [-0.3, -0.25) is 14.9 Å². The molecule has 7 heteroatoms. The fraction of sp³-hybridized carbons (Fsp3) is 0.211. The number of rotatable bonds is 4. The van der Waals surface area contributed by atoms with Gasteiger partial charge in [-0.2, -0.15) is 0 Å². The molecule has 0 bridgehead atoms. The quantitative estimate of drug-likeness (QED) is 0.690. The molecule has 2 aromatic carbocycles. The van der Waals surface area contributed by atoms with Crippen molar-refractivity contribution in [2.75, 3.05) is 10.6 Å². The van der Waals surface area contributed by atoms with Crippen LogP contribution in [-0.4, -0.2) is 16.9 Å². The van der Waals surface area contributed by atoms with Crippen molar-refractivity contribution in [2.24, 2.45) is 5.92 Å². The van der Waals surface area contributed by atoms with Gasteiger partial charge in [-0.1, -0.05) is 29.8 Å². The molecule has 5 nitrogen and oxygen atoms in total. The van der Waals surface area contributed by atoms with E-state index in [0.29, 0.717) is 16.3 Å². The predicted octanol–water partition coefficient (Wildman–Crippen LogP) is 4.12. The van der Waals surface area contributed by atoms with E-state index in [1.807, 2.05) is 19.1 Å². The van der Waals surface area contributed by atoms with Crippen LogP contribution in [0.2, 0.25) is 5.02 Å². The van der Waals surface area contributed by atoms with Crippen LogP contribution >= 0.6 is 23.8 Å². The Morgan fingerprint density at radius 3 is 2.54 bits per heavy atom. The molecule has 0 saturated heterocycles. The molecule has 1 saturated carbocycles. The average Bonchev–Trinajstić information content (AvgIpc) is 3.43. The van der Waals surface area contributed by atoms with Gasteiger partial charge in [0.2, 0.25) is 5.91 Å². The van der Waals surface area contributed by atoms with Gasteiger partial charge in [0.15, 0.2) is 5.11 Å². The van der Waals surface area contributed by atoms with Gasteiger partial charge in [-0.15, -0.1) is 0 Å². The molecule has 0 unspecified atom stereocenters. The minimum Gasteiger partial charge on any atom is -0.332 e. The number of anilines is 2. The van der Waals surface area contributed by atoms with Crippen LogP contribution < -0.4 is 16.0 Å². The summed E-state index contributed by atoms with van der Waals surface area (Å²) in [5, 5.41) is 8.99. The summed E-state index contributed by atoms with van der Waals surface area (Å²) in [4.78, 5) is 24.2. The number of aryl methyl sites for hydroxylation is 1. The number of carbonyl (C=O) groups excluding carboxylic acids is 2. The van der Waals surface area contributed by atoms with Gasteiger partial charge in [-0.25, -0.2) is 0 Å². The Morgan fingerprint density at radius 1 is 1.12 bits per heavy atom. The third-order valence-corrected chi connectivity index (χ3v) is 4.58. The first kappa shape index (κ1) is 18.4. The van der Waals surface area contributed by atoms with Crippen LogP contribution in [0, 0.1) is 12.8 Å². The van der Waals surface area contributed by atoms with E-state index in [9.17, 15) is 9.59 Å². The van der Waals surface area contributed by atoms with E-state index in [0.717, 1.165) is 24.1 Å². The molecule has 1 fully saturated rings. The number of hydrogen-bond donors (Lipinski definition) is 3. The monoisotopic (exact) mass is 387 g/mol. The summed E-state index contributed by atoms with van der Waals surface area (Å²) in [7, 11) is 0. The number of halogens is 1. The van der Waals surface area contributed by atoms with Crippen LogP contribution in [0.15, 0.2) is 42.5 Å². The third kappa shape index (κ3) is 4.59. The van der Waals surface area contributed by atoms with Crippen LogP contribution in [0.25, 0.3) is 0 Å². The fourth-order valence-electron chi connectivity index (χ4n) is 2.39. The molecule has 0 atom stereocenters. The van der Waals surface area contributed by atoms with Gasteiger partial charge in [-0.05, 0) is 61.8 Å². The second-order valence-electron chi connectivity index (χ2n) is 6.18. The highest BCUT2D eigenvalue weighted by Crippen LogP contribution is 2.31. The number of amides is 2. The van der Waals surface area contributed by atoms with Crippen LogP contribution in [0.4, 0.5) is 11.4 Å². The molecule has 0 spiro atoms. The van der Waals surface area contributed by atoms with Crippen molar-refractivity contribution in [3.05, 3.63) is 58.6 Å². The molecular formula is C19H18ClN3O2S. The number of benzene rings is 2. The molecule has 0 heterocycles. The first-order chi connectivity index (χ1) is 12.4. The first-order valence-corrected chi connectivity index (χ1v) is 9.01. The van der Waals surface area contributed by atoms with Gasteiger partial charge >= 0.3 is 0 Å². The molecular weight excluding hydrogens is 370 g/mol. The van der Waals surface area contributed by atoms with E-state index in [2.05, 4.69) is 16.0 Å². The van der Waals surface area contributed by atoms with E-state index in [1.165, 1.54) is 0 Å². The maximum Gasteiger partial charge on any atom is 0.258 e. The Bertz CT molecular complexity index is 881. The highest BCUT2D eigenvalue weighted by atomic mass is 35.5. The maximum atomic E-state index is 12.2. The molecule has 0 aromatic heterocycles. The normalized spacial score (nSPS) is 13.0. The summed E-state index contributed by atoms with van der Waals surface area (Å²) in [5.74, 6) is -0.218. The molecule has 2 aromatic rings. The largest absolute Gasteiger partial charge is 0.332 e. The minimum absolute atomic E-state index is 0.0415. The lowest BCUT2D eigenvalue weighted by atomic mass is 10.1. The van der Waals surface area contributed by atoms with Crippen molar-refractivity contribution in [2.45, 2.75) is 19.8 Å². The molecule has 1 aliphatic rings. The standard InChI is InChI=1S/C19H18ClN3O2S/c1-11-6-9-13(10-16(11)22-17(24)12-7-8-12)21-19(26)23-18(25)14-4-2-3-5-15(14)20/h2-6,9-10,12H,7-8H2,1H3,(H,22,24)(H2,21,23,25,26). The van der Waals surface area contributed by atoms with Crippen molar-refractivity contribution in [3.8, 4) is 0 Å². The van der Waals surface area contributed by atoms with Crippen LogP contribution in [0.1, 0.15) is 28.8 Å². The Hall–Kier alpha value is -2.44. The topological polar surface area (TPSA) is 70.2 Å². The minimum atomic E-state index is -0.387. The molecule has 3 rings (SSSR count). The lowest BCUT2D eigenvalue weighted by Crippen LogP contribution is -2.34. The fourth-order valence-corrected chi connectivity index (χ4v) is 2.82. The van der Waals surface area contributed by atoms with E-state index in [1.54, 1.807) is 30.3 Å². The van der Waals surface area contributed by atoms with Crippen LogP contribution in [0.3, 0.4) is 0 Å². The molecule has 0 aliphatic heterocycles. The highest BCUT2D eigenvalue weighted by molar-refractivity contribution is 7.80. The number of carbonyl (C=O) groups is 2. The summed E-state index contributed by atoms with van der Waals surface area (Å²) in [6.07, 6.45) is 1.89. The van der Waals surface area contributed by atoms with Crippen LogP contribution in [-0.2, 0) is 4.79 Å². The van der Waals surface area contributed by atoms with Crippen molar-refractivity contribution in [3.63, 3.8) is 0 Å². The maximum absolute atomic E-state index is 12.2. The first-order valence-electron chi connectivity index (χ1n) is 8.22. The molecule has 3 N–H and O–H groups in total. The van der Waals surface area contributed by atoms with Crippen molar-refractivity contribution in [1.82, 2.24) is 5.32 Å². The van der Waals surface area contributed by atoms with Crippen molar-refractivity contribution in [1.29, 1.82) is 0 Å². The summed E-state index contributed by atoms with van der Waals surface area (Å²) >= 11 is 11.2. The summed E-state index contributed by atoms with van der Waals surface area (Å²) in [5.41, 5.74) is 2.70. The number of thiocarbonyl (C=S) groups is 1. The second kappa shape index (κ2) is 7.85. The lowest BCUT2D eigenvalue weighted by molar-refractivity contribution is -0.117. The van der Waals surface area contributed by atoms with Crippen molar-refractivity contribution < 1.29 is 9.59 Å². The third-order valence-electron chi connectivity index (χ3n) is 4.05. The Kier molecular flexibility index (Phi) is 5.54. The average molecular weight is 388 g/mol. The predicted molar refractivity (Wildman–Crippen MR) is 108 cm³/mol. The van der Waals surface area contributed by atoms with E-state index in [4.69, 9.17) is 23.8 Å². The lowest BCUT2D eigenvalue weighted by Gasteiger charge is -2.13. The Morgan fingerprint density at radius 2 is 1.85 bits per heavy atom. The zero-order valence-electron chi connectivity index (χ0n) is 14.1. The smallest absolute Gasteiger partial charge is 0.258 e. The molecule has 26 heavy (non-hydrogen) atoms. The Balaban J connectivity index is 1.64. The van der Waals surface area contributed by atoms with Crippen LogP contribution in [0.5, 0.6) is 0 Å². The molecule has 134 valence electrons. The summed E-state index contributed by atoms with van der Waals surface area (Å²) < 4.78 is 0. The molecule has 2 amide bonds. The van der Waals surface area contributed by atoms with E-state index >= 15 is 0 Å². The van der Waals surface area contributed by atoms with E-state index in [-0.39, 0.29) is 22.8 Å². The zero-order chi connectivity index (χ0) is 18.7. The van der Waals surface area contributed by atoms with Gasteiger partial charge in [0.05, 0.1) is 10.6 Å². The SMILES string of the molecule is Cc1ccc(NC(=S)NC(=O)c2ccccc2Cl)cc1NC(=O)C1CC1. The highest BCUT2D eigenvalue weighted by Gasteiger charge is 2.29. The Labute approximate surface area is 162 Å². The van der Waals surface area contributed by atoms with Gasteiger partial charge in [0.25, 0.3) is 5.91 Å². The molecule has 0 radical (unpaired) electrons.